The molecule has 0 bridgehead atoms. The van der Waals surface area contributed by atoms with Gasteiger partial charge in [0.05, 0.1) is 12.6 Å². The molecule has 0 aliphatic carbocycles. The molecule has 27 heavy (non-hydrogen) atoms. The van der Waals surface area contributed by atoms with E-state index in [1.807, 2.05) is 0 Å². The second kappa shape index (κ2) is 9.69. The zero-order chi connectivity index (χ0) is 19.9. The summed E-state index contributed by atoms with van der Waals surface area (Å²) >= 11 is 0. The molecule has 2 unspecified atom stereocenters. The number of hydrogen-bond acceptors (Lipinski definition) is 3. The average molecular weight is 378 g/mol. The SMILES string of the molecule is CN=C(NCC(=O)Nc1cccc(F)c1)NCC1CCCOC1C(C)(C)C. The van der Waals surface area contributed by atoms with Gasteiger partial charge in [0.25, 0.3) is 0 Å². The number of ether oxygens (including phenoxy) is 1. The third-order valence-corrected chi connectivity index (χ3v) is 4.58. The van der Waals surface area contributed by atoms with E-state index in [0.29, 0.717) is 17.6 Å². The molecule has 0 saturated carbocycles. The predicted molar refractivity (Wildman–Crippen MR) is 106 cm³/mol. The number of anilines is 1. The molecular formula is C20H31FN4O2. The van der Waals surface area contributed by atoms with E-state index < -0.39 is 0 Å². The van der Waals surface area contributed by atoms with E-state index in [-0.39, 0.29) is 29.8 Å². The van der Waals surface area contributed by atoms with Crippen LogP contribution in [0.5, 0.6) is 0 Å². The number of nitrogens with one attached hydrogen (secondary N) is 3. The number of amides is 1. The number of rotatable bonds is 5. The second-order valence-corrected chi connectivity index (χ2v) is 7.92. The van der Waals surface area contributed by atoms with E-state index in [9.17, 15) is 9.18 Å². The number of carbonyl (C=O) groups excluding carboxylic acids is 1. The van der Waals surface area contributed by atoms with Crippen molar-refractivity contribution in [3.63, 3.8) is 0 Å². The Morgan fingerprint density at radius 1 is 1.33 bits per heavy atom. The number of hydrogen-bond donors (Lipinski definition) is 3. The minimum atomic E-state index is -0.388. The van der Waals surface area contributed by atoms with Gasteiger partial charge in [0.2, 0.25) is 5.91 Å². The van der Waals surface area contributed by atoms with Crippen molar-refractivity contribution in [2.75, 3.05) is 32.1 Å². The second-order valence-electron chi connectivity index (χ2n) is 7.92. The minimum absolute atomic E-state index is 0.0417. The zero-order valence-electron chi connectivity index (χ0n) is 16.6. The number of carbonyl (C=O) groups is 1. The fraction of sp³-hybridized carbons (Fsp3) is 0.600. The van der Waals surface area contributed by atoms with Gasteiger partial charge in [-0.2, -0.15) is 0 Å². The van der Waals surface area contributed by atoms with Crippen LogP contribution in [0.2, 0.25) is 0 Å². The van der Waals surface area contributed by atoms with Gasteiger partial charge in [0, 0.05) is 31.8 Å². The van der Waals surface area contributed by atoms with Gasteiger partial charge in [-0.25, -0.2) is 4.39 Å². The summed E-state index contributed by atoms with van der Waals surface area (Å²) < 4.78 is 19.2. The van der Waals surface area contributed by atoms with Crippen molar-refractivity contribution in [2.45, 2.75) is 39.7 Å². The van der Waals surface area contributed by atoms with Crippen molar-refractivity contribution in [3.05, 3.63) is 30.1 Å². The fourth-order valence-corrected chi connectivity index (χ4v) is 3.39. The lowest BCUT2D eigenvalue weighted by Gasteiger charge is -2.40. The molecule has 0 aromatic heterocycles. The summed E-state index contributed by atoms with van der Waals surface area (Å²) in [6.07, 6.45) is 2.35. The smallest absolute Gasteiger partial charge is 0.243 e. The highest BCUT2D eigenvalue weighted by molar-refractivity contribution is 5.94. The standard InChI is InChI=1S/C20H31FN4O2/c1-20(2,3)18-14(7-6-10-27-18)12-23-19(22-4)24-13-17(26)25-16-9-5-8-15(21)11-16/h5,8-9,11,14,18H,6-7,10,12-13H2,1-4H3,(H,25,26)(H2,22,23,24). The van der Waals surface area contributed by atoms with Crippen LogP contribution in [0.1, 0.15) is 33.6 Å². The van der Waals surface area contributed by atoms with Crippen LogP contribution < -0.4 is 16.0 Å². The summed E-state index contributed by atoms with van der Waals surface area (Å²) in [6.45, 7) is 8.16. The monoisotopic (exact) mass is 378 g/mol. The number of halogens is 1. The first-order valence-electron chi connectivity index (χ1n) is 9.41. The maximum Gasteiger partial charge on any atom is 0.243 e. The summed E-state index contributed by atoms with van der Waals surface area (Å²) in [4.78, 5) is 16.2. The fourth-order valence-electron chi connectivity index (χ4n) is 3.39. The van der Waals surface area contributed by atoms with Crippen LogP contribution in [0.4, 0.5) is 10.1 Å². The van der Waals surface area contributed by atoms with Gasteiger partial charge in [-0.1, -0.05) is 26.8 Å². The van der Waals surface area contributed by atoms with Crippen molar-refractivity contribution in [2.24, 2.45) is 16.3 Å². The molecule has 1 heterocycles. The first-order valence-corrected chi connectivity index (χ1v) is 9.41. The number of nitrogens with zero attached hydrogens (tertiary/aromatic N) is 1. The number of guanidine groups is 1. The highest BCUT2D eigenvalue weighted by atomic mass is 19.1. The molecule has 0 spiro atoms. The lowest BCUT2D eigenvalue weighted by Crippen LogP contribution is -2.48. The zero-order valence-corrected chi connectivity index (χ0v) is 16.6. The molecule has 1 aromatic rings. The van der Waals surface area contributed by atoms with E-state index in [0.717, 1.165) is 26.0 Å². The van der Waals surface area contributed by atoms with Crippen molar-refractivity contribution in [1.82, 2.24) is 10.6 Å². The van der Waals surface area contributed by atoms with Gasteiger partial charge in [-0.15, -0.1) is 0 Å². The summed E-state index contributed by atoms with van der Waals surface area (Å²) in [7, 11) is 1.67. The molecule has 1 fully saturated rings. The Balaban J connectivity index is 1.80. The van der Waals surface area contributed by atoms with Crippen LogP contribution in [0.25, 0.3) is 0 Å². The largest absolute Gasteiger partial charge is 0.377 e. The highest BCUT2D eigenvalue weighted by Crippen LogP contribution is 2.33. The molecule has 1 amide bonds. The van der Waals surface area contributed by atoms with Gasteiger partial charge in [0.15, 0.2) is 5.96 Å². The topological polar surface area (TPSA) is 74.8 Å². The molecule has 1 aliphatic rings. The van der Waals surface area contributed by atoms with Gasteiger partial charge in [0.1, 0.15) is 5.82 Å². The Labute approximate surface area is 161 Å². The first-order chi connectivity index (χ1) is 12.8. The van der Waals surface area contributed by atoms with Crippen molar-refractivity contribution in [1.29, 1.82) is 0 Å². The van der Waals surface area contributed by atoms with Gasteiger partial charge < -0.3 is 20.7 Å². The molecule has 3 N–H and O–H groups in total. The number of benzene rings is 1. The maximum atomic E-state index is 13.2. The van der Waals surface area contributed by atoms with E-state index in [2.05, 4.69) is 41.7 Å². The van der Waals surface area contributed by atoms with E-state index >= 15 is 0 Å². The molecule has 1 aliphatic heterocycles. The third-order valence-electron chi connectivity index (χ3n) is 4.58. The Morgan fingerprint density at radius 3 is 2.78 bits per heavy atom. The molecular weight excluding hydrogens is 347 g/mol. The van der Waals surface area contributed by atoms with Crippen LogP contribution in [-0.2, 0) is 9.53 Å². The Bertz CT molecular complexity index is 658. The normalized spacial score (nSPS) is 20.9. The summed E-state index contributed by atoms with van der Waals surface area (Å²) in [5, 5.41) is 8.93. The van der Waals surface area contributed by atoms with Crippen LogP contribution in [0, 0.1) is 17.2 Å². The van der Waals surface area contributed by atoms with Crippen LogP contribution in [0.3, 0.4) is 0 Å². The predicted octanol–water partition coefficient (Wildman–Crippen LogP) is 2.77. The molecule has 2 rings (SSSR count). The van der Waals surface area contributed by atoms with Crippen LogP contribution >= 0.6 is 0 Å². The Kier molecular flexibility index (Phi) is 7.59. The van der Waals surface area contributed by atoms with Gasteiger partial charge in [-0.3, -0.25) is 9.79 Å². The summed E-state index contributed by atoms with van der Waals surface area (Å²) in [5.41, 5.74) is 0.506. The number of aliphatic imine (C=N–C) groups is 1. The van der Waals surface area contributed by atoms with Gasteiger partial charge in [-0.05, 0) is 36.5 Å². The van der Waals surface area contributed by atoms with E-state index in [4.69, 9.17) is 4.74 Å². The summed E-state index contributed by atoms with van der Waals surface area (Å²) in [6, 6.07) is 5.81. The van der Waals surface area contributed by atoms with Crippen molar-refractivity contribution in [3.8, 4) is 0 Å². The van der Waals surface area contributed by atoms with Crippen molar-refractivity contribution < 1.29 is 13.9 Å². The van der Waals surface area contributed by atoms with E-state index in [1.54, 1.807) is 19.2 Å². The van der Waals surface area contributed by atoms with Crippen LogP contribution in [-0.4, -0.2) is 44.7 Å². The highest BCUT2D eigenvalue weighted by Gasteiger charge is 2.35. The maximum absolute atomic E-state index is 13.2. The molecule has 150 valence electrons. The minimum Gasteiger partial charge on any atom is -0.377 e. The lowest BCUT2D eigenvalue weighted by molar-refractivity contribution is -0.115. The first kappa shape index (κ1) is 21.2. The van der Waals surface area contributed by atoms with Crippen LogP contribution in [0.15, 0.2) is 29.3 Å². The molecule has 1 saturated heterocycles. The molecule has 7 heteroatoms. The molecule has 1 aromatic carbocycles. The summed E-state index contributed by atoms with van der Waals surface area (Å²) in [5.74, 6) is 0.291. The molecule has 6 nitrogen and oxygen atoms in total. The molecule has 0 radical (unpaired) electrons. The van der Waals surface area contributed by atoms with E-state index in [1.165, 1.54) is 12.1 Å². The molecule has 2 atom stereocenters. The average Bonchev–Trinajstić information content (AvgIpc) is 2.61. The third kappa shape index (κ3) is 6.82. The Morgan fingerprint density at radius 2 is 2.11 bits per heavy atom. The Hall–Kier alpha value is -2.15. The van der Waals surface area contributed by atoms with Crippen molar-refractivity contribution >= 4 is 17.6 Å². The lowest BCUT2D eigenvalue weighted by atomic mass is 9.78. The van der Waals surface area contributed by atoms with Gasteiger partial charge >= 0.3 is 0 Å². The quantitative estimate of drug-likeness (QED) is 0.544.